The molecule has 3 aliphatic rings. The molecule has 134 valence electrons. The summed E-state index contributed by atoms with van der Waals surface area (Å²) in [5.74, 6) is 3.80. The Morgan fingerprint density at radius 1 is 1.09 bits per heavy atom. The summed E-state index contributed by atoms with van der Waals surface area (Å²) in [5, 5.41) is 7.26. The van der Waals surface area contributed by atoms with Crippen LogP contribution in [-0.2, 0) is 0 Å². The van der Waals surface area contributed by atoms with Crippen molar-refractivity contribution in [1.82, 2.24) is 15.5 Å². The van der Waals surface area contributed by atoms with Gasteiger partial charge in [-0.05, 0) is 57.0 Å². The molecule has 1 heterocycles. The minimum absolute atomic E-state index is 0. The summed E-state index contributed by atoms with van der Waals surface area (Å²) in [7, 11) is 4.12. The van der Waals surface area contributed by atoms with Gasteiger partial charge in [0.25, 0.3) is 0 Å². The van der Waals surface area contributed by atoms with E-state index in [-0.39, 0.29) is 24.0 Å². The standard InChI is InChI=1S/C18H34N4.HI/c1-19-18(20-12-14-9-10-22(2)13-14)21-17-8-7-15-5-3-4-6-16(15)11-17;/h14-17H,3-13H2,1-2H3,(H2,19,20,21);1H. The van der Waals surface area contributed by atoms with Crippen LogP contribution in [0.25, 0.3) is 0 Å². The molecule has 4 nitrogen and oxygen atoms in total. The van der Waals surface area contributed by atoms with Gasteiger partial charge in [0.15, 0.2) is 5.96 Å². The predicted molar refractivity (Wildman–Crippen MR) is 109 cm³/mol. The average Bonchev–Trinajstić information content (AvgIpc) is 2.96. The number of rotatable bonds is 3. The van der Waals surface area contributed by atoms with Gasteiger partial charge in [-0.15, -0.1) is 24.0 Å². The first-order valence-electron chi connectivity index (χ1n) is 9.40. The normalized spacial score (nSPS) is 35.3. The van der Waals surface area contributed by atoms with E-state index in [1.807, 2.05) is 7.05 Å². The Morgan fingerprint density at radius 3 is 2.57 bits per heavy atom. The number of guanidine groups is 1. The topological polar surface area (TPSA) is 39.7 Å². The van der Waals surface area contributed by atoms with Gasteiger partial charge in [-0.2, -0.15) is 0 Å². The monoisotopic (exact) mass is 434 g/mol. The van der Waals surface area contributed by atoms with Crippen molar-refractivity contribution in [1.29, 1.82) is 0 Å². The zero-order valence-corrected chi connectivity index (χ0v) is 17.2. The molecule has 1 saturated heterocycles. The van der Waals surface area contributed by atoms with Crippen LogP contribution in [0.3, 0.4) is 0 Å². The van der Waals surface area contributed by atoms with Crippen LogP contribution < -0.4 is 10.6 Å². The van der Waals surface area contributed by atoms with Crippen molar-refractivity contribution >= 4 is 29.9 Å². The molecule has 2 saturated carbocycles. The van der Waals surface area contributed by atoms with Crippen LogP contribution in [-0.4, -0.2) is 50.6 Å². The van der Waals surface area contributed by atoms with Gasteiger partial charge in [0.05, 0.1) is 0 Å². The molecule has 0 radical (unpaired) electrons. The molecule has 0 spiro atoms. The zero-order valence-electron chi connectivity index (χ0n) is 14.9. The van der Waals surface area contributed by atoms with Crippen LogP contribution >= 0.6 is 24.0 Å². The van der Waals surface area contributed by atoms with Crippen LogP contribution in [0.15, 0.2) is 4.99 Å². The maximum absolute atomic E-state index is 4.45. The first kappa shape index (κ1) is 19.3. The van der Waals surface area contributed by atoms with Crippen LogP contribution in [0.5, 0.6) is 0 Å². The van der Waals surface area contributed by atoms with Gasteiger partial charge < -0.3 is 15.5 Å². The number of nitrogens with zero attached hydrogens (tertiary/aromatic N) is 2. The van der Waals surface area contributed by atoms with Gasteiger partial charge in [0.2, 0.25) is 0 Å². The predicted octanol–water partition coefficient (Wildman–Crippen LogP) is 3.08. The van der Waals surface area contributed by atoms with Crippen LogP contribution in [0.4, 0.5) is 0 Å². The van der Waals surface area contributed by atoms with Crippen molar-refractivity contribution < 1.29 is 0 Å². The highest BCUT2D eigenvalue weighted by Gasteiger charge is 2.32. The first-order valence-corrected chi connectivity index (χ1v) is 9.40. The lowest BCUT2D eigenvalue weighted by Gasteiger charge is -2.40. The Morgan fingerprint density at radius 2 is 1.87 bits per heavy atom. The number of fused-ring (bicyclic) bond motifs is 1. The summed E-state index contributed by atoms with van der Waals surface area (Å²) >= 11 is 0. The summed E-state index contributed by atoms with van der Waals surface area (Å²) in [6.07, 6.45) is 11.3. The molecular formula is C18H35IN4. The molecule has 23 heavy (non-hydrogen) atoms. The second-order valence-electron chi connectivity index (χ2n) is 7.83. The Hall–Kier alpha value is -0.0400. The lowest BCUT2D eigenvalue weighted by molar-refractivity contribution is 0.150. The van der Waals surface area contributed by atoms with Gasteiger partial charge in [-0.25, -0.2) is 0 Å². The third-order valence-corrected chi connectivity index (χ3v) is 6.15. The molecule has 4 unspecified atom stereocenters. The fourth-order valence-electron chi connectivity index (χ4n) is 4.83. The summed E-state index contributed by atoms with van der Waals surface area (Å²) in [5.41, 5.74) is 0. The Balaban J connectivity index is 0.00000192. The third kappa shape index (κ3) is 5.48. The number of hydrogen-bond donors (Lipinski definition) is 2. The van der Waals surface area contributed by atoms with Crippen LogP contribution in [0.1, 0.15) is 51.4 Å². The van der Waals surface area contributed by atoms with E-state index in [2.05, 4.69) is 27.6 Å². The van der Waals surface area contributed by atoms with E-state index < -0.39 is 0 Å². The van der Waals surface area contributed by atoms with E-state index in [4.69, 9.17) is 0 Å². The molecule has 3 fully saturated rings. The highest BCUT2D eigenvalue weighted by atomic mass is 127. The highest BCUT2D eigenvalue weighted by molar-refractivity contribution is 14.0. The van der Waals surface area contributed by atoms with Crippen molar-refractivity contribution in [3.05, 3.63) is 0 Å². The van der Waals surface area contributed by atoms with E-state index in [9.17, 15) is 0 Å². The lowest BCUT2D eigenvalue weighted by Crippen LogP contribution is -2.48. The first-order chi connectivity index (χ1) is 10.7. The fraction of sp³-hybridized carbons (Fsp3) is 0.944. The molecule has 1 aliphatic heterocycles. The summed E-state index contributed by atoms with van der Waals surface area (Å²) in [4.78, 5) is 6.87. The Bertz CT molecular complexity index is 387. The van der Waals surface area contributed by atoms with Gasteiger partial charge in [0, 0.05) is 26.2 Å². The van der Waals surface area contributed by atoms with Gasteiger partial charge in [0.1, 0.15) is 0 Å². The van der Waals surface area contributed by atoms with E-state index >= 15 is 0 Å². The summed E-state index contributed by atoms with van der Waals surface area (Å²) in [6.45, 7) is 3.52. The fourth-order valence-corrected chi connectivity index (χ4v) is 4.83. The largest absolute Gasteiger partial charge is 0.356 e. The quantitative estimate of drug-likeness (QED) is 0.408. The van der Waals surface area contributed by atoms with Crippen LogP contribution in [0, 0.1) is 17.8 Å². The third-order valence-electron chi connectivity index (χ3n) is 6.15. The zero-order chi connectivity index (χ0) is 15.4. The van der Waals surface area contributed by atoms with E-state index in [1.54, 1.807) is 0 Å². The van der Waals surface area contributed by atoms with Crippen molar-refractivity contribution in [2.75, 3.05) is 33.7 Å². The lowest BCUT2D eigenvalue weighted by atomic mass is 9.69. The summed E-state index contributed by atoms with van der Waals surface area (Å²) < 4.78 is 0. The number of aliphatic imine (C=N–C) groups is 1. The second-order valence-corrected chi connectivity index (χ2v) is 7.83. The molecule has 0 aromatic heterocycles. The maximum Gasteiger partial charge on any atom is 0.191 e. The minimum atomic E-state index is 0. The van der Waals surface area contributed by atoms with Crippen LogP contribution in [0.2, 0.25) is 0 Å². The Kier molecular flexibility index (Phi) is 7.92. The van der Waals surface area contributed by atoms with E-state index in [0.717, 1.165) is 30.3 Å². The minimum Gasteiger partial charge on any atom is -0.356 e. The molecule has 0 bridgehead atoms. The van der Waals surface area contributed by atoms with Gasteiger partial charge in [-0.3, -0.25) is 4.99 Å². The molecular weight excluding hydrogens is 399 g/mol. The molecule has 2 N–H and O–H groups in total. The summed E-state index contributed by atoms with van der Waals surface area (Å²) in [6, 6.07) is 0.636. The number of likely N-dealkylation sites (tertiary alicyclic amines) is 1. The number of hydrogen-bond acceptors (Lipinski definition) is 2. The second kappa shape index (κ2) is 9.44. The molecule has 0 amide bonds. The highest BCUT2D eigenvalue weighted by Crippen LogP contribution is 2.40. The van der Waals surface area contributed by atoms with Crippen molar-refractivity contribution in [3.8, 4) is 0 Å². The Labute approximate surface area is 159 Å². The molecule has 3 rings (SSSR count). The molecule has 0 aromatic rings. The van der Waals surface area contributed by atoms with Crippen molar-refractivity contribution in [2.24, 2.45) is 22.7 Å². The number of halogens is 1. The number of nitrogens with one attached hydrogen (secondary N) is 2. The van der Waals surface area contributed by atoms with E-state index in [0.29, 0.717) is 6.04 Å². The average molecular weight is 434 g/mol. The maximum atomic E-state index is 4.45. The molecule has 5 heteroatoms. The van der Waals surface area contributed by atoms with Crippen molar-refractivity contribution in [3.63, 3.8) is 0 Å². The molecule has 2 aliphatic carbocycles. The van der Waals surface area contributed by atoms with E-state index in [1.165, 1.54) is 64.5 Å². The van der Waals surface area contributed by atoms with Gasteiger partial charge >= 0.3 is 0 Å². The SMILES string of the molecule is CN=C(NCC1CCN(C)C1)NC1CCC2CCCCC2C1.I. The van der Waals surface area contributed by atoms with Gasteiger partial charge in [-0.1, -0.05) is 25.7 Å². The molecule has 4 atom stereocenters. The van der Waals surface area contributed by atoms with Crippen molar-refractivity contribution in [2.45, 2.75) is 57.4 Å². The molecule has 0 aromatic carbocycles. The smallest absolute Gasteiger partial charge is 0.191 e.